The number of hydrogen-bond acceptors (Lipinski definition) is 0. The second-order valence-corrected chi connectivity index (χ2v) is 7.23. The molecule has 2 aromatic carbocycles. The first kappa shape index (κ1) is 17.0. The lowest BCUT2D eigenvalue weighted by atomic mass is 10.1. The highest BCUT2D eigenvalue weighted by Crippen LogP contribution is 2.29. The van der Waals surface area contributed by atoms with Crippen molar-refractivity contribution >= 4 is 21.8 Å². The molecule has 4 aromatic rings. The normalized spacial score (nSPS) is 11.5. The third-order valence-corrected chi connectivity index (χ3v) is 5.39. The van der Waals surface area contributed by atoms with Gasteiger partial charge in [-0.15, -0.1) is 0 Å². The molecule has 0 fully saturated rings. The lowest BCUT2D eigenvalue weighted by Crippen LogP contribution is -1.98. The molecule has 0 aliphatic rings. The van der Waals surface area contributed by atoms with E-state index >= 15 is 0 Å². The minimum atomic E-state index is 1.12. The van der Waals surface area contributed by atoms with Crippen LogP contribution in [0, 0.1) is 0 Å². The summed E-state index contributed by atoms with van der Waals surface area (Å²) in [7, 11) is 0. The molecule has 2 heteroatoms. The fraction of sp³-hybridized carbons (Fsp3) is 0.333. The van der Waals surface area contributed by atoms with Crippen molar-refractivity contribution in [2.75, 3.05) is 0 Å². The summed E-state index contributed by atoms with van der Waals surface area (Å²) in [5.41, 5.74) is 2.75. The number of rotatable bonds is 9. The summed E-state index contributed by atoms with van der Waals surface area (Å²) in [6.07, 6.45) is 12.2. The molecular formula is C24H28N2. The number of para-hydroxylation sites is 2. The van der Waals surface area contributed by atoms with Gasteiger partial charge in [0.05, 0.1) is 0 Å². The number of fused-ring (bicyclic) bond motifs is 3. The molecule has 134 valence electrons. The molecule has 2 heterocycles. The predicted octanol–water partition coefficient (Wildman–Crippen LogP) is 6.64. The second kappa shape index (κ2) is 8.27. The third-order valence-electron chi connectivity index (χ3n) is 5.39. The van der Waals surface area contributed by atoms with Crippen LogP contribution in [0.3, 0.4) is 0 Å². The minimum absolute atomic E-state index is 1.12. The van der Waals surface area contributed by atoms with Crippen LogP contribution in [0.15, 0.2) is 73.1 Å². The summed E-state index contributed by atoms with van der Waals surface area (Å²) < 4.78 is 4.79. The molecule has 0 bridgehead atoms. The van der Waals surface area contributed by atoms with Crippen LogP contribution >= 0.6 is 0 Å². The van der Waals surface area contributed by atoms with Crippen LogP contribution in [0.25, 0.3) is 21.8 Å². The van der Waals surface area contributed by atoms with Gasteiger partial charge in [-0.3, -0.25) is 0 Å². The highest BCUT2D eigenvalue weighted by Gasteiger charge is 2.08. The van der Waals surface area contributed by atoms with E-state index < -0.39 is 0 Å². The summed E-state index contributed by atoms with van der Waals surface area (Å²) in [6.45, 7) is 2.28. The smallest absolute Gasteiger partial charge is 0.0491 e. The van der Waals surface area contributed by atoms with E-state index in [4.69, 9.17) is 0 Å². The predicted molar refractivity (Wildman–Crippen MR) is 112 cm³/mol. The summed E-state index contributed by atoms with van der Waals surface area (Å²) in [5, 5.41) is 2.77. The molecule has 0 unspecified atom stereocenters. The monoisotopic (exact) mass is 344 g/mol. The minimum Gasteiger partial charge on any atom is -0.354 e. The van der Waals surface area contributed by atoms with Gasteiger partial charge < -0.3 is 9.13 Å². The second-order valence-electron chi connectivity index (χ2n) is 7.23. The molecular weight excluding hydrogens is 316 g/mol. The maximum Gasteiger partial charge on any atom is 0.0491 e. The highest BCUT2D eigenvalue weighted by molar-refractivity contribution is 6.07. The van der Waals surface area contributed by atoms with Gasteiger partial charge in [-0.25, -0.2) is 0 Å². The third kappa shape index (κ3) is 3.70. The van der Waals surface area contributed by atoms with E-state index in [0.29, 0.717) is 0 Å². The van der Waals surface area contributed by atoms with Crippen molar-refractivity contribution in [1.82, 2.24) is 9.13 Å². The zero-order valence-electron chi connectivity index (χ0n) is 15.5. The summed E-state index contributed by atoms with van der Waals surface area (Å²) in [6, 6.07) is 21.8. The molecule has 0 radical (unpaired) electrons. The Hall–Kier alpha value is -2.48. The molecule has 0 amide bonds. The number of nitrogens with zero attached hydrogens (tertiary/aromatic N) is 2. The molecule has 0 N–H and O–H groups in total. The van der Waals surface area contributed by atoms with Gasteiger partial charge in [0.25, 0.3) is 0 Å². The number of aromatic nitrogens is 2. The van der Waals surface area contributed by atoms with Crippen LogP contribution in [-0.2, 0) is 13.1 Å². The Bertz CT molecular complexity index is 894. The fourth-order valence-corrected chi connectivity index (χ4v) is 4.03. The summed E-state index contributed by atoms with van der Waals surface area (Å²) in [5.74, 6) is 0. The van der Waals surface area contributed by atoms with Crippen LogP contribution in [0.2, 0.25) is 0 Å². The molecule has 26 heavy (non-hydrogen) atoms. The molecule has 4 rings (SSSR count). The fourth-order valence-electron chi connectivity index (χ4n) is 4.03. The number of benzene rings is 2. The number of unbranched alkanes of at least 4 members (excludes halogenated alkanes) is 5. The first-order chi connectivity index (χ1) is 12.9. The first-order valence-electron chi connectivity index (χ1n) is 10.0. The van der Waals surface area contributed by atoms with E-state index in [2.05, 4.69) is 82.2 Å². The van der Waals surface area contributed by atoms with Crippen molar-refractivity contribution in [2.45, 2.75) is 51.6 Å². The summed E-state index contributed by atoms with van der Waals surface area (Å²) in [4.78, 5) is 0. The SMILES string of the molecule is c1ccc2c(c1)c1ccccc1n2CCCCCCCCn1cccc1. The van der Waals surface area contributed by atoms with E-state index in [1.165, 1.54) is 60.3 Å². The maximum absolute atomic E-state index is 2.51. The van der Waals surface area contributed by atoms with Crippen molar-refractivity contribution in [3.05, 3.63) is 73.1 Å². The molecule has 0 saturated carbocycles. The molecule has 0 spiro atoms. The van der Waals surface area contributed by atoms with Gasteiger partial charge in [-0.2, -0.15) is 0 Å². The number of hydrogen-bond donors (Lipinski definition) is 0. The lowest BCUT2D eigenvalue weighted by Gasteiger charge is -2.08. The standard InChI is InChI=1S/C24H28N2/c1(3-9-17-25-18-11-12-19-25)2-4-10-20-26-23-15-7-5-13-21(23)22-14-6-8-16-24(22)26/h5-8,11-16,18-19H,1-4,9-10,17,20H2. The molecule has 0 saturated heterocycles. The van der Waals surface area contributed by atoms with Gasteiger partial charge in [-0.05, 0) is 37.1 Å². The van der Waals surface area contributed by atoms with Crippen molar-refractivity contribution in [3.8, 4) is 0 Å². The largest absolute Gasteiger partial charge is 0.354 e. The van der Waals surface area contributed by atoms with Crippen LogP contribution in [0.5, 0.6) is 0 Å². The Balaban J connectivity index is 1.27. The lowest BCUT2D eigenvalue weighted by molar-refractivity contribution is 0.538. The average Bonchev–Trinajstić information content (AvgIpc) is 3.31. The van der Waals surface area contributed by atoms with Gasteiger partial charge in [0.15, 0.2) is 0 Å². The quantitative estimate of drug-likeness (QED) is 0.301. The molecule has 0 atom stereocenters. The topological polar surface area (TPSA) is 9.86 Å². The van der Waals surface area contributed by atoms with Crippen LogP contribution < -0.4 is 0 Å². The van der Waals surface area contributed by atoms with Crippen LogP contribution in [0.4, 0.5) is 0 Å². The van der Waals surface area contributed by atoms with E-state index in [1.807, 2.05) is 0 Å². The van der Waals surface area contributed by atoms with Crippen LogP contribution in [-0.4, -0.2) is 9.13 Å². The maximum atomic E-state index is 2.51. The number of aryl methyl sites for hydroxylation is 2. The molecule has 2 aromatic heterocycles. The van der Waals surface area contributed by atoms with Gasteiger partial charge in [0.1, 0.15) is 0 Å². The highest BCUT2D eigenvalue weighted by atomic mass is 15.0. The van der Waals surface area contributed by atoms with Crippen LogP contribution in [0.1, 0.15) is 38.5 Å². The Kier molecular flexibility index (Phi) is 5.39. The molecule has 2 nitrogen and oxygen atoms in total. The van der Waals surface area contributed by atoms with Gasteiger partial charge in [-0.1, -0.05) is 62.1 Å². The van der Waals surface area contributed by atoms with E-state index in [-0.39, 0.29) is 0 Å². The van der Waals surface area contributed by atoms with Crippen molar-refractivity contribution in [2.24, 2.45) is 0 Å². The van der Waals surface area contributed by atoms with E-state index in [0.717, 1.165) is 13.1 Å². The van der Waals surface area contributed by atoms with E-state index in [1.54, 1.807) is 0 Å². The Labute approximate surface area is 156 Å². The molecule has 0 aliphatic heterocycles. The van der Waals surface area contributed by atoms with Gasteiger partial charge in [0, 0.05) is 47.3 Å². The van der Waals surface area contributed by atoms with Crippen molar-refractivity contribution < 1.29 is 0 Å². The molecule has 0 aliphatic carbocycles. The Morgan fingerprint density at radius 2 is 1.00 bits per heavy atom. The first-order valence-corrected chi connectivity index (χ1v) is 10.0. The Morgan fingerprint density at radius 3 is 1.62 bits per heavy atom. The van der Waals surface area contributed by atoms with E-state index in [9.17, 15) is 0 Å². The summed E-state index contributed by atoms with van der Waals surface area (Å²) >= 11 is 0. The van der Waals surface area contributed by atoms with Crippen molar-refractivity contribution in [1.29, 1.82) is 0 Å². The average molecular weight is 345 g/mol. The zero-order valence-corrected chi connectivity index (χ0v) is 15.5. The Morgan fingerprint density at radius 1 is 0.500 bits per heavy atom. The zero-order chi connectivity index (χ0) is 17.6. The van der Waals surface area contributed by atoms with Crippen molar-refractivity contribution in [3.63, 3.8) is 0 Å². The van der Waals surface area contributed by atoms with Gasteiger partial charge >= 0.3 is 0 Å². The van der Waals surface area contributed by atoms with Gasteiger partial charge in [0.2, 0.25) is 0 Å².